The zero-order valence-electron chi connectivity index (χ0n) is 20.2. The number of benzene rings is 2. The average molecular weight is 557 g/mol. The summed E-state index contributed by atoms with van der Waals surface area (Å²) >= 11 is -1.81. The van der Waals surface area contributed by atoms with Crippen LogP contribution in [0.3, 0.4) is 0 Å². The maximum absolute atomic E-state index is 13.9. The Bertz CT molecular complexity index is 1550. The highest BCUT2D eigenvalue weighted by atomic mass is 32.2. The fourth-order valence-corrected chi connectivity index (χ4v) is 6.49. The van der Waals surface area contributed by atoms with E-state index in [1.165, 1.54) is 30.5 Å². The normalized spacial score (nSPS) is 20.2. The number of piperidine rings is 1. The summed E-state index contributed by atoms with van der Waals surface area (Å²) in [6.45, 7) is 0.368. The first kappa shape index (κ1) is 25.5. The Labute approximate surface area is 223 Å². The lowest BCUT2D eigenvalue weighted by atomic mass is 9.65. The van der Waals surface area contributed by atoms with Crippen LogP contribution in [0.1, 0.15) is 33.7 Å². The monoisotopic (exact) mass is 556 g/mol. The molecule has 6 rings (SSSR count). The van der Waals surface area contributed by atoms with Crippen molar-refractivity contribution in [3.8, 4) is 5.69 Å². The maximum Gasteiger partial charge on any atom is 0.416 e. The molecule has 2 aliphatic rings. The van der Waals surface area contributed by atoms with Crippen molar-refractivity contribution in [1.82, 2.24) is 19.1 Å². The summed E-state index contributed by atoms with van der Waals surface area (Å²) in [5.41, 5.74) is 1.14. The summed E-state index contributed by atoms with van der Waals surface area (Å²) in [5.74, 6) is -0.680. The molecule has 4 aromatic rings. The lowest BCUT2D eigenvalue weighted by Gasteiger charge is -2.44. The first-order valence-corrected chi connectivity index (χ1v) is 13.1. The van der Waals surface area contributed by atoms with Gasteiger partial charge in [0.1, 0.15) is 17.8 Å². The van der Waals surface area contributed by atoms with Crippen molar-refractivity contribution in [3.63, 3.8) is 0 Å². The molecule has 2 aromatic heterocycles. The van der Waals surface area contributed by atoms with Gasteiger partial charge >= 0.3 is 6.18 Å². The fraction of sp³-hybridized carbons (Fsp3) is 0.222. The molecular weight excluding hydrogens is 536 g/mol. The van der Waals surface area contributed by atoms with Crippen LogP contribution >= 0.6 is 0 Å². The van der Waals surface area contributed by atoms with Crippen LogP contribution in [0.4, 0.5) is 17.6 Å². The van der Waals surface area contributed by atoms with E-state index in [1.807, 2.05) is 6.08 Å². The molecule has 12 heteroatoms. The van der Waals surface area contributed by atoms with Gasteiger partial charge in [0.2, 0.25) is 0 Å². The van der Waals surface area contributed by atoms with Crippen LogP contribution in [-0.2, 0) is 24.0 Å². The lowest BCUT2D eigenvalue weighted by molar-refractivity contribution is -0.137. The number of alkyl halides is 3. The van der Waals surface area contributed by atoms with Crippen LogP contribution in [0.25, 0.3) is 11.8 Å². The molecule has 3 heterocycles. The van der Waals surface area contributed by atoms with Crippen molar-refractivity contribution in [2.45, 2.75) is 23.9 Å². The molecule has 0 bridgehead atoms. The Balaban J connectivity index is 1.36. The number of carbonyl (C=O) groups is 1. The Hall–Kier alpha value is -3.74. The number of fused-ring (bicyclic) bond motifs is 2. The standard InChI is InChI=1S/C27H20F4N4O3S/c28-20-3-5-21(6-4-20)35-24-11-19-9-10-34(39(37)22-7-1-18(2-8-22)27(29,30)31)15-26(19,12-17(24)13-33-35)25(36)23-14-38-16-32-23/h1-8,11,13-14,16H,9-10,12,15H2. The van der Waals surface area contributed by atoms with Gasteiger partial charge in [0, 0.05) is 6.54 Å². The Morgan fingerprint density at radius 1 is 1.10 bits per heavy atom. The SMILES string of the molecule is O=C(c1cocn1)C12Cc3cnn(-c4ccc(F)cc4)c3C=C1CCN([S+]([O-])c1ccc(C(F)(F)F)cc1)C2. The van der Waals surface area contributed by atoms with E-state index < -0.39 is 28.5 Å². The Morgan fingerprint density at radius 3 is 2.51 bits per heavy atom. The summed E-state index contributed by atoms with van der Waals surface area (Å²) in [7, 11) is 0. The van der Waals surface area contributed by atoms with Gasteiger partial charge in [0.05, 0.1) is 46.5 Å². The van der Waals surface area contributed by atoms with Crippen LogP contribution in [-0.4, -0.2) is 42.5 Å². The van der Waals surface area contributed by atoms with Crippen LogP contribution in [0, 0.1) is 11.2 Å². The predicted molar refractivity (Wildman–Crippen MR) is 133 cm³/mol. The van der Waals surface area contributed by atoms with Gasteiger partial charge in [0.15, 0.2) is 17.1 Å². The molecule has 39 heavy (non-hydrogen) atoms. The van der Waals surface area contributed by atoms with Crippen molar-refractivity contribution >= 4 is 23.2 Å². The summed E-state index contributed by atoms with van der Waals surface area (Å²) in [6, 6.07) is 10.1. The third-order valence-corrected chi connectivity index (χ3v) is 8.63. The number of oxazole rings is 1. The highest BCUT2D eigenvalue weighted by Crippen LogP contribution is 2.47. The van der Waals surface area contributed by atoms with Gasteiger partial charge in [-0.15, -0.1) is 4.31 Å². The minimum atomic E-state index is -4.50. The van der Waals surface area contributed by atoms with Gasteiger partial charge in [-0.3, -0.25) is 4.79 Å². The molecule has 0 radical (unpaired) electrons. The zero-order valence-corrected chi connectivity index (χ0v) is 21.0. The number of hydrogen-bond acceptors (Lipinski definition) is 6. The second kappa shape index (κ2) is 9.47. The molecule has 0 saturated carbocycles. The van der Waals surface area contributed by atoms with Crippen LogP contribution in [0.5, 0.6) is 0 Å². The molecule has 7 nitrogen and oxygen atoms in total. The molecule has 0 spiro atoms. The van der Waals surface area contributed by atoms with Gasteiger partial charge < -0.3 is 8.97 Å². The third-order valence-electron chi connectivity index (χ3n) is 7.17. The largest absolute Gasteiger partial charge is 0.593 e. The molecule has 1 aliphatic heterocycles. The van der Waals surface area contributed by atoms with Gasteiger partial charge in [-0.1, -0.05) is 5.57 Å². The minimum Gasteiger partial charge on any atom is -0.593 e. The molecule has 200 valence electrons. The van der Waals surface area contributed by atoms with E-state index in [0.29, 0.717) is 18.7 Å². The number of ketones is 1. The van der Waals surface area contributed by atoms with Crippen molar-refractivity contribution in [1.29, 1.82) is 0 Å². The van der Waals surface area contributed by atoms with Crippen molar-refractivity contribution in [2.24, 2.45) is 5.41 Å². The maximum atomic E-state index is 13.9. The fourth-order valence-electron chi connectivity index (χ4n) is 5.22. The molecule has 2 atom stereocenters. The number of Topliss-reactive ketones (excluding diaryl/α,β-unsaturated/α-hetero) is 1. The van der Waals surface area contributed by atoms with Gasteiger partial charge in [-0.25, -0.2) is 14.1 Å². The molecule has 1 fully saturated rings. The Morgan fingerprint density at radius 2 is 1.85 bits per heavy atom. The topological polar surface area (TPSA) is 87.2 Å². The van der Waals surface area contributed by atoms with Crippen LogP contribution < -0.4 is 0 Å². The van der Waals surface area contributed by atoms with E-state index in [0.717, 1.165) is 35.4 Å². The number of rotatable bonds is 5. The highest BCUT2D eigenvalue weighted by molar-refractivity contribution is 7.89. The van der Waals surface area contributed by atoms with Crippen molar-refractivity contribution < 1.29 is 31.3 Å². The first-order chi connectivity index (χ1) is 18.7. The number of nitrogens with zero attached hydrogens (tertiary/aromatic N) is 4. The third kappa shape index (κ3) is 4.48. The molecule has 2 aromatic carbocycles. The van der Waals surface area contributed by atoms with Gasteiger partial charge in [-0.05, 0) is 73.0 Å². The van der Waals surface area contributed by atoms with E-state index in [2.05, 4.69) is 10.1 Å². The van der Waals surface area contributed by atoms with Crippen molar-refractivity contribution in [3.05, 3.63) is 101 Å². The zero-order chi connectivity index (χ0) is 27.4. The van der Waals surface area contributed by atoms with E-state index in [-0.39, 0.29) is 35.2 Å². The van der Waals surface area contributed by atoms with E-state index in [1.54, 1.807) is 27.3 Å². The highest BCUT2D eigenvalue weighted by Gasteiger charge is 2.52. The minimum absolute atomic E-state index is 0.0549. The van der Waals surface area contributed by atoms with E-state index in [4.69, 9.17) is 4.42 Å². The number of hydrogen-bond donors (Lipinski definition) is 0. The Kier molecular flexibility index (Phi) is 6.20. The number of halogens is 4. The molecule has 0 N–H and O–H groups in total. The molecule has 1 saturated heterocycles. The van der Waals surface area contributed by atoms with Gasteiger partial charge in [-0.2, -0.15) is 18.3 Å². The smallest absolute Gasteiger partial charge is 0.416 e. The quantitative estimate of drug-likeness (QED) is 0.190. The molecule has 1 aliphatic carbocycles. The second-order valence-electron chi connectivity index (χ2n) is 9.46. The van der Waals surface area contributed by atoms with E-state index >= 15 is 0 Å². The molecular formula is C27H20F4N4O3S. The number of carbonyl (C=O) groups excluding carboxylic acids is 1. The molecule has 2 unspecified atom stereocenters. The summed E-state index contributed by atoms with van der Waals surface area (Å²) in [6.07, 6.45) is 2.08. The predicted octanol–water partition coefficient (Wildman–Crippen LogP) is 5.26. The van der Waals surface area contributed by atoms with Crippen LogP contribution in [0.15, 0.2) is 82.3 Å². The van der Waals surface area contributed by atoms with E-state index in [9.17, 15) is 26.9 Å². The van der Waals surface area contributed by atoms with Crippen molar-refractivity contribution in [2.75, 3.05) is 13.1 Å². The second-order valence-corrected chi connectivity index (χ2v) is 10.9. The molecule has 0 amide bonds. The summed E-state index contributed by atoms with van der Waals surface area (Å²) in [5, 5.41) is 4.48. The average Bonchev–Trinajstić information content (AvgIpc) is 3.61. The lowest BCUT2D eigenvalue weighted by Crippen LogP contribution is -2.53. The number of aromatic nitrogens is 3. The first-order valence-electron chi connectivity index (χ1n) is 12.0. The van der Waals surface area contributed by atoms with Gasteiger partial charge in [0.25, 0.3) is 0 Å². The van der Waals surface area contributed by atoms with Crippen LogP contribution in [0.2, 0.25) is 0 Å². The summed E-state index contributed by atoms with van der Waals surface area (Å²) < 4.78 is 74.4. The summed E-state index contributed by atoms with van der Waals surface area (Å²) in [4.78, 5) is 18.2.